The first kappa shape index (κ1) is 17.0. The zero-order valence-corrected chi connectivity index (χ0v) is 12.8. The summed E-state index contributed by atoms with van der Waals surface area (Å²) < 4.78 is 10.7. The van der Waals surface area contributed by atoms with E-state index in [-0.39, 0.29) is 0 Å². The molecule has 1 aromatic rings. The van der Waals surface area contributed by atoms with Gasteiger partial charge >= 0.3 is 0 Å². The summed E-state index contributed by atoms with van der Waals surface area (Å²) in [6, 6.07) is 1.96. The number of aromatic nitrogens is 2. The monoisotopic (exact) mass is 281 g/mol. The van der Waals surface area contributed by atoms with E-state index in [0.29, 0.717) is 13.2 Å². The van der Waals surface area contributed by atoms with Gasteiger partial charge in [-0.05, 0) is 45.8 Å². The van der Waals surface area contributed by atoms with Crippen molar-refractivity contribution < 1.29 is 9.47 Å². The number of hydrogen-bond acceptors (Lipinski definition) is 5. The molecule has 0 saturated carbocycles. The van der Waals surface area contributed by atoms with Crippen molar-refractivity contribution in [1.29, 1.82) is 0 Å². The number of unbranched alkanes of at least 4 members (excludes halogenated alkanes) is 2. The Labute approximate surface area is 122 Å². The maximum absolute atomic E-state index is 5.48. The molecule has 0 bridgehead atoms. The highest BCUT2D eigenvalue weighted by Gasteiger charge is 2.00. The van der Waals surface area contributed by atoms with Crippen LogP contribution in [0.2, 0.25) is 0 Å². The Balaban J connectivity index is 1.91. The summed E-state index contributed by atoms with van der Waals surface area (Å²) >= 11 is 0. The van der Waals surface area contributed by atoms with Gasteiger partial charge in [-0.3, -0.25) is 0 Å². The van der Waals surface area contributed by atoms with E-state index < -0.39 is 0 Å². The molecule has 0 fully saturated rings. The molecular formula is C15H27N3O2. The highest BCUT2D eigenvalue weighted by molar-refractivity contribution is 4.96. The van der Waals surface area contributed by atoms with Crippen molar-refractivity contribution >= 4 is 0 Å². The molecule has 0 aliphatic carbocycles. The molecule has 0 N–H and O–H groups in total. The molecule has 0 spiro atoms. The van der Waals surface area contributed by atoms with Crippen molar-refractivity contribution in [2.45, 2.75) is 32.7 Å². The first-order chi connectivity index (χ1) is 9.83. The highest BCUT2D eigenvalue weighted by atomic mass is 16.5. The molecule has 20 heavy (non-hydrogen) atoms. The van der Waals surface area contributed by atoms with Gasteiger partial charge in [-0.2, -0.15) is 0 Å². The highest BCUT2D eigenvalue weighted by Crippen LogP contribution is 2.02. The lowest BCUT2D eigenvalue weighted by atomic mass is 10.2. The summed E-state index contributed by atoms with van der Waals surface area (Å²) in [5, 5.41) is 0. The van der Waals surface area contributed by atoms with Crippen LogP contribution in [-0.4, -0.2) is 54.9 Å². The van der Waals surface area contributed by atoms with Crippen LogP contribution in [0, 0.1) is 0 Å². The average molecular weight is 281 g/mol. The maximum atomic E-state index is 5.48. The van der Waals surface area contributed by atoms with Crippen LogP contribution in [0.4, 0.5) is 0 Å². The summed E-state index contributed by atoms with van der Waals surface area (Å²) in [6.07, 6.45) is 6.89. The van der Waals surface area contributed by atoms with E-state index in [9.17, 15) is 0 Å². The largest absolute Gasteiger partial charge is 0.379 e. The second kappa shape index (κ2) is 11.8. The van der Waals surface area contributed by atoms with Crippen LogP contribution in [0.3, 0.4) is 0 Å². The molecule has 0 amide bonds. The van der Waals surface area contributed by atoms with E-state index >= 15 is 0 Å². The van der Waals surface area contributed by atoms with Crippen LogP contribution in [-0.2, 0) is 16.0 Å². The number of ether oxygens (including phenoxy) is 2. The number of hydrogen-bond donors (Lipinski definition) is 0. The Morgan fingerprint density at radius 3 is 2.70 bits per heavy atom. The molecule has 0 atom stereocenters. The minimum atomic E-state index is 0.707. The summed E-state index contributed by atoms with van der Waals surface area (Å²) in [5.74, 6) is 0. The zero-order valence-electron chi connectivity index (χ0n) is 12.8. The van der Waals surface area contributed by atoms with Crippen molar-refractivity contribution in [1.82, 2.24) is 14.9 Å². The molecule has 0 aliphatic rings. The van der Waals surface area contributed by atoms with Gasteiger partial charge in [0, 0.05) is 26.0 Å². The van der Waals surface area contributed by atoms with Crippen LogP contribution in [0.1, 0.15) is 31.9 Å². The molecule has 0 aromatic carbocycles. The molecular weight excluding hydrogens is 254 g/mol. The van der Waals surface area contributed by atoms with Crippen molar-refractivity contribution in [3.8, 4) is 0 Å². The topological polar surface area (TPSA) is 47.5 Å². The van der Waals surface area contributed by atoms with Crippen molar-refractivity contribution in [3.05, 3.63) is 24.3 Å². The summed E-state index contributed by atoms with van der Waals surface area (Å²) in [7, 11) is 2.13. The van der Waals surface area contributed by atoms with Gasteiger partial charge < -0.3 is 14.4 Å². The van der Waals surface area contributed by atoms with Crippen molar-refractivity contribution in [2.75, 3.05) is 40.0 Å². The Morgan fingerprint density at radius 1 is 1.10 bits per heavy atom. The third-order valence-corrected chi connectivity index (χ3v) is 2.98. The molecule has 0 radical (unpaired) electrons. The third kappa shape index (κ3) is 8.96. The quantitative estimate of drug-likeness (QED) is 0.549. The summed E-state index contributed by atoms with van der Waals surface area (Å²) in [6.45, 7) is 6.98. The molecule has 0 aliphatic heterocycles. The minimum absolute atomic E-state index is 0.707. The minimum Gasteiger partial charge on any atom is -0.379 e. The van der Waals surface area contributed by atoms with E-state index in [0.717, 1.165) is 38.4 Å². The first-order valence-electron chi connectivity index (χ1n) is 7.42. The van der Waals surface area contributed by atoms with Gasteiger partial charge in [-0.15, -0.1) is 0 Å². The molecule has 114 valence electrons. The lowest BCUT2D eigenvalue weighted by Gasteiger charge is -2.15. The Bertz CT molecular complexity index is 322. The Kier molecular flexibility index (Phi) is 10.0. The van der Waals surface area contributed by atoms with E-state index in [1.54, 1.807) is 12.5 Å². The fraction of sp³-hybridized carbons (Fsp3) is 0.733. The molecule has 1 aromatic heterocycles. The second-order valence-corrected chi connectivity index (χ2v) is 4.81. The van der Waals surface area contributed by atoms with Crippen LogP contribution >= 0.6 is 0 Å². The van der Waals surface area contributed by atoms with Crippen LogP contribution in [0.25, 0.3) is 0 Å². The predicted octanol–water partition coefficient (Wildman–Crippen LogP) is 2.13. The SMILES string of the molecule is CCOCCOCCCCCN(C)Cc1ccncn1. The third-order valence-electron chi connectivity index (χ3n) is 2.98. The zero-order chi connectivity index (χ0) is 14.5. The van der Waals surface area contributed by atoms with Gasteiger partial charge in [-0.25, -0.2) is 9.97 Å². The van der Waals surface area contributed by atoms with Gasteiger partial charge in [0.15, 0.2) is 0 Å². The van der Waals surface area contributed by atoms with Crippen LogP contribution in [0.5, 0.6) is 0 Å². The lowest BCUT2D eigenvalue weighted by Crippen LogP contribution is -2.19. The molecule has 1 heterocycles. The first-order valence-corrected chi connectivity index (χ1v) is 7.42. The fourth-order valence-electron chi connectivity index (χ4n) is 1.89. The summed E-state index contributed by atoms with van der Waals surface area (Å²) in [4.78, 5) is 10.4. The molecule has 0 unspecified atom stereocenters. The Morgan fingerprint density at radius 2 is 1.95 bits per heavy atom. The molecule has 5 nitrogen and oxygen atoms in total. The van der Waals surface area contributed by atoms with Crippen molar-refractivity contribution in [3.63, 3.8) is 0 Å². The van der Waals surface area contributed by atoms with Gasteiger partial charge in [-0.1, -0.05) is 0 Å². The van der Waals surface area contributed by atoms with E-state index in [4.69, 9.17) is 9.47 Å². The van der Waals surface area contributed by atoms with Crippen molar-refractivity contribution in [2.24, 2.45) is 0 Å². The van der Waals surface area contributed by atoms with E-state index in [1.165, 1.54) is 12.8 Å². The molecule has 5 heteroatoms. The van der Waals surface area contributed by atoms with Crippen LogP contribution in [0.15, 0.2) is 18.6 Å². The average Bonchev–Trinajstić information content (AvgIpc) is 2.46. The summed E-state index contributed by atoms with van der Waals surface area (Å²) in [5.41, 5.74) is 1.07. The lowest BCUT2D eigenvalue weighted by molar-refractivity contribution is 0.0511. The van der Waals surface area contributed by atoms with Gasteiger partial charge in [0.1, 0.15) is 6.33 Å². The van der Waals surface area contributed by atoms with E-state index in [1.807, 2.05) is 13.0 Å². The second-order valence-electron chi connectivity index (χ2n) is 4.81. The fourth-order valence-corrected chi connectivity index (χ4v) is 1.89. The number of nitrogens with zero attached hydrogens (tertiary/aromatic N) is 3. The standard InChI is InChI=1S/C15H27N3O2/c1-3-19-11-12-20-10-6-4-5-9-18(2)13-15-7-8-16-14-17-15/h7-8,14H,3-6,9-13H2,1-2H3. The van der Waals surface area contributed by atoms with Gasteiger partial charge in [0.2, 0.25) is 0 Å². The van der Waals surface area contributed by atoms with Gasteiger partial charge in [0.05, 0.1) is 18.9 Å². The smallest absolute Gasteiger partial charge is 0.115 e. The maximum Gasteiger partial charge on any atom is 0.115 e. The normalized spacial score (nSPS) is 11.2. The predicted molar refractivity (Wildman–Crippen MR) is 79.5 cm³/mol. The van der Waals surface area contributed by atoms with Gasteiger partial charge in [0.25, 0.3) is 0 Å². The molecule has 1 rings (SSSR count). The molecule has 0 saturated heterocycles. The van der Waals surface area contributed by atoms with Crippen LogP contribution < -0.4 is 0 Å². The number of rotatable bonds is 12. The Hall–Kier alpha value is -1.04. The van der Waals surface area contributed by atoms with E-state index in [2.05, 4.69) is 21.9 Å².